The number of hydrogen-bond donors (Lipinski definition) is 0. The first-order chi connectivity index (χ1) is 15.6. The van der Waals surface area contributed by atoms with Gasteiger partial charge in [-0.25, -0.2) is 13.4 Å². The van der Waals surface area contributed by atoms with E-state index in [1.54, 1.807) is 12.1 Å². The Bertz CT molecular complexity index is 1220. The van der Waals surface area contributed by atoms with Gasteiger partial charge in [-0.1, -0.05) is 31.2 Å². The van der Waals surface area contributed by atoms with Crippen LogP contribution < -0.4 is 0 Å². The largest absolute Gasteiger partial charge is 0.379 e. The molecule has 0 aliphatic carbocycles. The molecule has 0 N–H and O–H groups in total. The molecule has 0 saturated carbocycles. The topological polar surface area (TPSA) is 67.7 Å². The second kappa shape index (κ2) is 8.94. The number of rotatable bonds is 6. The van der Waals surface area contributed by atoms with Gasteiger partial charge in [0, 0.05) is 32.7 Å². The van der Waals surface area contributed by atoms with Crippen LogP contribution in [0.15, 0.2) is 47.4 Å². The molecule has 2 aliphatic rings. The van der Waals surface area contributed by atoms with Gasteiger partial charge in [0.1, 0.15) is 5.82 Å². The van der Waals surface area contributed by atoms with E-state index in [9.17, 15) is 8.42 Å². The third-order valence-corrected chi connectivity index (χ3v) is 8.32. The van der Waals surface area contributed by atoms with E-state index >= 15 is 0 Å². The minimum Gasteiger partial charge on any atom is -0.379 e. The van der Waals surface area contributed by atoms with E-state index in [-0.39, 0.29) is 0 Å². The van der Waals surface area contributed by atoms with Gasteiger partial charge < -0.3 is 9.30 Å². The molecule has 0 unspecified atom stereocenters. The molecule has 0 spiro atoms. The summed E-state index contributed by atoms with van der Waals surface area (Å²) in [6.07, 6.45) is 2.04. The fourth-order valence-corrected chi connectivity index (χ4v) is 6.17. The molecular formula is C24H30N4O3S. The zero-order valence-electron chi connectivity index (χ0n) is 18.5. The highest BCUT2D eigenvalue weighted by molar-refractivity contribution is 7.89. The van der Waals surface area contributed by atoms with Crippen molar-refractivity contribution in [1.82, 2.24) is 18.8 Å². The van der Waals surface area contributed by atoms with Crippen LogP contribution in [0.5, 0.6) is 0 Å². The summed E-state index contributed by atoms with van der Waals surface area (Å²) < 4.78 is 35.3. The highest BCUT2D eigenvalue weighted by Gasteiger charge is 2.27. The molecule has 1 aromatic heterocycles. The van der Waals surface area contributed by atoms with Crippen LogP contribution in [0.4, 0.5) is 0 Å². The van der Waals surface area contributed by atoms with Crippen molar-refractivity contribution in [3.63, 3.8) is 0 Å². The summed E-state index contributed by atoms with van der Waals surface area (Å²) in [4.78, 5) is 7.66. The average Bonchev–Trinajstić information content (AvgIpc) is 3.16. The maximum absolute atomic E-state index is 13.1. The summed E-state index contributed by atoms with van der Waals surface area (Å²) in [6.45, 7) is 7.37. The number of sulfonamides is 1. The molecule has 170 valence electrons. The Morgan fingerprint density at radius 1 is 1.03 bits per heavy atom. The fraction of sp³-hybridized carbons (Fsp3) is 0.458. The predicted octanol–water partition coefficient (Wildman–Crippen LogP) is 3.03. The molecule has 32 heavy (non-hydrogen) atoms. The Kier molecular flexibility index (Phi) is 6.03. The molecule has 7 nitrogen and oxygen atoms in total. The molecule has 3 aromatic rings. The molecule has 1 fully saturated rings. The van der Waals surface area contributed by atoms with Gasteiger partial charge in [0.05, 0.1) is 35.7 Å². The minimum atomic E-state index is -3.54. The van der Waals surface area contributed by atoms with Gasteiger partial charge in [0.15, 0.2) is 0 Å². The lowest BCUT2D eigenvalue weighted by Gasteiger charge is -2.28. The second-order valence-electron chi connectivity index (χ2n) is 8.58. The molecule has 1 saturated heterocycles. The summed E-state index contributed by atoms with van der Waals surface area (Å²) >= 11 is 0. The van der Waals surface area contributed by atoms with Crippen LogP contribution in [0.1, 0.15) is 30.3 Å². The smallest absolute Gasteiger partial charge is 0.243 e. The van der Waals surface area contributed by atoms with E-state index in [0.717, 1.165) is 55.9 Å². The lowest BCUT2D eigenvalue weighted by molar-refractivity contribution is 0.0730. The first-order valence-corrected chi connectivity index (χ1v) is 12.9. The van der Waals surface area contributed by atoms with Gasteiger partial charge in [-0.15, -0.1) is 0 Å². The Morgan fingerprint density at radius 3 is 2.59 bits per heavy atom. The zero-order valence-corrected chi connectivity index (χ0v) is 19.4. The highest BCUT2D eigenvalue weighted by atomic mass is 32.2. The van der Waals surface area contributed by atoms with Crippen molar-refractivity contribution >= 4 is 21.1 Å². The fourth-order valence-electron chi connectivity index (χ4n) is 4.74. The van der Waals surface area contributed by atoms with E-state index in [4.69, 9.17) is 9.72 Å². The van der Waals surface area contributed by atoms with Crippen molar-refractivity contribution in [3.8, 4) is 0 Å². The number of aromatic nitrogens is 2. The molecule has 0 atom stereocenters. The Hall–Kier alpha value is -2.26. The summed E-state index contributed by atoms with van der Waals surface area (Å²) in [5.74, 6) is 1.00. The van der Waals surface area contributed by atoms with Crippen molar-refractivity contribution in [1.29, 1.82) is 0 Å². The van der Waals surface area contributed by atoms with E-state index in [1.165, 1.54) is 15.4 Å². The summed E-state index contributed by atoms with van der Waals surface area (Å²) in [5, 5.41) is 0. The second-order valence-corrected chi connectivity index (χ2v) is 10.5. The number of ether oxygens (including phenoxy) is 1. The normalized spacial score (nSPS) is 18.2. The Morgan fingerprint density at radius 2 is 1.81 bits per heavy atom. The molecule has 0 bridgehead atoms. The quantitative estimate of drug-likeness (QED) is 0.573. The molecule has 2 aliphatic heterocycles. The van der Waals surface area contributed by atoms with E-state index < -0.39 is 10.0 Å². The first-order valence-electron chi connectivity index (χ1n) is 11.4. The molecule has 0 radical (unpaired) electrons. The number of benzene rings is 2. The number of aryl methyl sites for hydroxylation is 1. The standard InChI is InChI=1S/C24H30N4O3S/c1-2-10-28-23-8-7-21(32(29,30)27-12-14-31-15-13-27)16-22(23)25-24(28)18-26-11-9-19-5-3-4-6-20(19)17-26/h3-8,16H,2,9-15,17-18H2,1H3. The summed E-state index contributed by atoms with van der Waals surface area (Å²) in [7, 11) is -3.54. The van der Waals surface area contributed by atoms with Gasteiger partial charge in [0.25, 0.3) is 0 Å². The third-order valence-electron chi connectivity index (χ3n) is 6.43. The van der Waals surface area contributed by atoms with Crippen LogP contribution in [-0.4, -0.2) is 60.0 Å². The molecule has 0 amide bonds. The molecule has 8 heteroatoms. The van der Waals surface area contributed by atoms with E-state index in [1.807, 2.05) is 6.07 Å². The van der Waals surface area contributed by atoms with Crippen LogP contribution >= 0.6 is 0 Å². The van der Waals surface area contributed by atoms with Crippen molar-refractivity contribution in [2.75, 3.05) is 32.8 Å². The lowest BCUT2D eigenvalue weighted by atomic mass is 10.00. The van der Waals surface area contributed by atoms with E-state index in [0.29, 0.717) is 31.2 Å². The number of nitrogens with zero attached hydrogens (tertiary/aromatic N) is 4. The van der Waals surface area contributed by atoms with Crippen molar-refractivity contribution in [3.05, 3.63) is 59.4 Å². The van der Waals surface area contributed by atoms with Crippen LogP contribution in [0.2, 0.25) is 0 Å². The van der Waals surface area contributed by atoms with Gasteiger partial charge >= 0.3 is 0 Å². The highest BCUT2D eigenvalue weighted by Crippen LogP contribution is 2.26. The molecule has 2 aromatic carbocycles. The van der Waals surface area contributed by atoms with Crippen LogP contribution in [0, 0.1) is 0 Å². The Labute approximate surface area is 189 Å². The van der Waals surface area contributed by atoms with E-state index in [2.05, 4.69) is 40.7 Å². The third kappa shape index (κ3) is 4.08. The van der Waals surface area contributed by atoms with Gasteiger partial charge in [-0.05, 0) is 42.2 Å². The van der Waals surface area contributed by atoms with Gasteiger partial charge in [-0.2, -0.15) is 4.31 Å². The van der Waals surface area contributed by atoms with Gasteiger partial charge in [-0.3, -0.25) is 4.90 Å². The SMILES string of the molecule is CCCn1c(CN2CCc3ccccc3C2)nc2cc(S(=O)(=O)N3CCOCC3)ccc21. The maximum atomic E-state index is 13.1. The Balaban J connectivity index is 1.45. The minimum absolute atomic E-state index is 0.312. The lowest BCUT2D eigenvalue weighted by Crippen LogP contribution is -2.40. The van der Waals surface area contributed by atoms with Crippen LogP contribution in [-0.2, 0) is 40.8 Å². The molecule has 3 heterocycles. The van der Waals surface area contributed by atoms with Crippen LogP contribution in [0.3, 0.4) is 0 Å². The number of hydrogen-bond acceptors (Lipinski definition) is 5. The molecular weight excluding hydrogens is 424 g/mol. The average molecular weight is 455 g/mol. The predicted molar refractivity (Wildman–Crippen MR) is 124 cm³/mol. The zero-order chi connectivity index (χ0) is 22.1. The number of morpholine rings is 1. The number of fused-ring (bicyclic) bond motifs is 2. The monoisotopic (exact) mass is 454 g/mol. The van der Waals surface area contributed by atoms with Crippen molar-refractivity contribution in [2.24, 2.45) is 0 Å². The number of imidazole rings is 1. The summed E-state index contributed by atoms with van der Waals surface area (Å²) in [6, 6.07) is 14.0. The first kappa shape index (κ1) is 21.6. The molecule has 5 rings (SSSR count). The summed E-state index contributed by atoms with van der Waals surface area (Å²) in [5.41, 5.74) is 4.57. The van der Waals surface area contributed by atoms with Crippen LogP contribution in [0.25, 0.3) is 11.0 Å². The van der Waals surface area contributed by atoms with Gasteiger partial charge in [0.2, 0.25) is 10.0 Å². The van der Waals surface area contributed by atoms with Crippen molar-refractivity contribution < 1.29 is 13.2 Å². The maximum Gasteiger partial charge on any atom is 0.243 e. The van der Waals surface area contributed by atoms with Crippen molar-refractivity contribution in [2.45, 2.75) is 44.3 Å².